The van der Waals surface area contributed by atoms with Gasteiger partial charge in [0.2, 0.25) is 5.89 Å². The lowest BCUT2D eigenvalue weighted by Crippen LogP contribution is -2.42. The van der Waals surface area contributed by atoms with Crippen LogP contribution in [0.2, 0.25) is 0 Å². The molecule has 1 saturated carbocycles. The van der Waals surface area contributed by atoms with E-state index in [-0.39, 0.29) is 0 Å². The standard InChI is InChI=1S/C16H29N5O/c1-12-13(2)22-15(20-12)11-19-16(17-3)18-9-10-21(4)14-7-5-6-8-14/h14H,5-11H2,1-4H3,(H2,17,18,19). The van der Waals surface area contributed by atoms with Crippen LogP contribution in [0.1, 0.15) is 43.0 Å². The summed E-state index contributed by atoms with van der Waals surface area (Å²) >= 11 is 0. The van der Waals surface area contributed by atoms with E-state index in [0.29, 0.717) is 12.4 Å². The normalized spacial score (nSPS) is 16.5. The number of hydrogen-bond acceptors (Lipinski definition) is 4. The SMILES string of the molecule is CN=C(NCCN(C)C1CCCC1)NCc1nc(C)c(C)o1. The summed E-state index contributed by atoms with van der Waals surface area (Å²) in [5.74, 6) is 2.35. The molecule has 124 valence electrons. The molecule has 1 aromatic rings. The van der Waals surface area contributed by atoms with Crippen LogP contribution < -0.4 is 10.6 Å². The Hall–Kier alpha value is -1.56. The first kappa shape index (κ1) is 16.8. The molecule has 22 heavy (non-hydrogen) atoms. The quantitative estimate of drug-likeness (QED) is 0.620. The van der Waals surface area contributed by atoms with Crippen molar-refractivity contribution in [1.82, 2.24) is 20.5 Å². The van der Waals surface area contributed by atoms with Gasteiger partial charge in [0.15, 0.2) is 5.96 Å². The maximum absolute atomic E-state index is 5.55. The summed E-state index contributed by atoms with van der Waals surface area (Å²) in [4.78, 5) is 11.0. The maximum Gasteiger partial charge on any atom is 0.214 e. The van der Waals surface area contributed by atoms with Crippen LogP contribution in [0, 0.1) is 13.8 Å². The molecular formula is C16H29N5O. The van der Waals surface area contributed by atoms with Crippen LogP contribution in [0.25, 0.3) is 0 Å². The molecule has 0 amide bonds. The second kappa shape index (κ2) is 8.17. The monoisotopic (exact) mass is 307 g/mol. The van der Waals surface area contributed by atoms with E-state index in [9.17, 15) is 0 Å². The van der Waals surface area contributed by atoms with Crippen molar-refractivity contribution < 1.29 is 4.42 Å². The number of aryl methyl sites for hydroxylation is 2. The Balaban J connectivity index is 1.68. The van der Waals surface area contributed by atoms with Crippen molar-refractivity contribution in [3.8, 4) is 0 Å². The van der Waals surface area contributed by atoms with Gasteiger partial charge in [-0.3, -0.25) is 4.99 Å². The zero-order valence-electron chi connectivity index (χ0n) is 14.3. The van der Waals surface area contributed by atoms with Gasteiger partial charge in [-0.05, 0) is 33.7 Å². The second-order valence-corrected chi connectivity index (χ2v) is 6.02. The van der Waals surface area contributed by atoms with Crippen LogP contribution >= 0.6 is 0 Å². The molecule has 0 bridgehead atoms. The molecule has 0 saturated heterocycles. The number of aromatic nitrogens is 1. The van der Waals surface area contributed by atoms with Crippen LogP contribution in [-0.4, -0.2) is 49.1 Å². The number of aliphatic imine (C=N–C) groups is 1. The van der Waals surface area contributed by atoms with Crippen LogP contribution in [-0.2, 0) is 6.54 Å². The van der Waals surface area contributed by atoms with E-state index in [4.69, 9.17) is 4.42 Å². The average Bonchev–Trinajstić information content (AvgIpc) is 3.13. The summed E-state index contributed by atoms with van der Waals surface area (Å²) in [6, 6.07) is 0.759. The predicted molar refractivity (Wildman–Crippen MR) is 89.1 cm³/mol. The van der Waals surface area contributed by atoms with Gasteiger partial charge in [0.1, 0.15) is 5.76 Å². The van der Waals surface area contributed by atoms with Gasteiger partial charge in [-0.15, -0.1) is 0 Å². The van der Waals surface area contributed by atoms with E-state index in [1.807, 2.05) is 13.8 Å². The lowest BCUT2D eigenvalue weighted by molar-refractivity contribution is 0.249. The fourth-order valence-electron chi connectivity index (χ4n) is 2.87. The molecule has 0 aliphatic heterocycles. The molecule has 2 rings (SSSR count). The zero-order valence-corrected chi connectivity index (χ0v) is 14.3. The predicted octanol–water partition coefficient (Wildman–Crippen LogP) is 1.83. The number of rotatable bonds is 6. The highest BCUT2D eigenvalue weighted by Crippen LogP contribution is 2.21. The molecule has 0 spiro atoms. The van der Waals surface area contributed by atoms with Gasteiger partial charge in [0.05, 0.1) is 12.2 Å². The largest absolute Gasteiger partial charge is 0.444 e. The topological polar surface area (TPSA) is 65.7 Å². The number of guanidine groups is 1. The smallest absolute Gasteiger partial charge is 0.214 e. The lowest BCUT2D eigenvalue weighted by Gasteiger charge is -2.24. The molecule has 1 aliphatic carbocycles. The number of oxazole rings is 1. The highest BCUT2D eigenvalue weighted by atomic mass is 16.4. The first-order valence-corrected chi connectivity index (χ1v) is 8.18. The summed E-state index contributed by atoms with van der Waals surface area (Å²) in [6.07, 6.45) is 5.43. The minimum atomic E-state index is 0.548. The van der Waals surface area contributed by atoms with E-state index in [1.54, 1.807) is 7.05 Å². The Morgan fingerprint density at radius 3 is 2.64 bits per heavy atom. The summed E-state index contributed by atoms with van der Waals surface area (Å²) in [5, 5.41) is 6.58. The van der Waals surface area contributed by atoms with Crippen molar-refractivity contribution in [2.75, 3.05) is 27.2 Å². The van der Waals surface area contributed by atoms with Crippen molar-refractivity contribution in [2.24, 2.45) is 4.99 Å². The Morgan fingerprint density at radius 1 is 1.32 bits per heavy atom. The van der Waals surface area contributed by atoms with E-state index in [0.717, 1.165) is 36.5 Å². The van der Waals surface area contributed by atoms with Gasteiger partial charge in [-0.25, -0.2) is 4.98 Å². The molecule has 6 nitrogen and oxygen atoms in total. The molecule has 0 unspecified atom stereocenters. The number of hydrogen-bond donors (Lipinski definition) is 2. The van der Waals surface area contributed by atoms with Gasteiger partial charge in [0.25, 0.3) is 0 Å². The molecule has 1 fully saturated rings. The van der Waals surface area contributed by atoms with Gasteiger partial charge in [0, 0.05) is 26.2 Å². The Labute approximate surface area is 133 Å². The third kappa shape index (κ3) is 4.73. The number of likely N-dealkylation sites (N-methyl/N-ethyl adjacent to an activating group) is 1. The molecule has 1 aliphatic rings. The lowest BCUT2D eigenvalue weighted by atomic mass is 10.2. The fraction of sp³-hybridized carbons (Fsp3) is 0.750. The maximum atomic E-state index is 5.55. The van der Waals surface area contributed by atoms with Gasteiger partial charge >= 0.3 is 0 Å². The Morgan fingerprint density at radius 2 is 2.05 bits per heavy atom. The van der Waals surface area contributed by atoms with Crippen LogP contribution in [0.15, 0.2) is 9.41 Å². The summed E-state index contributed by atoms with van der Waals surface area (Å²) in [6.45, 7) is 6.34. The van der Waals surface area contributed by atoms with Crippen LogP contribution in [0.3, 0.4) is 0 Å². The summed E-state index contributed by atoms with van der Waals surface area (Å²) in [7, 11) is 3.99. The highest BCUT2D eigenvalue weighted by Gasteiger charge is 2.18. The molecule has 0 radical (unpaired) electrons. The third-order valence-corrected chi connectivity index (χ3v) is 4.41. The van der Waals surface area contributed by atoms with Gasteiger partial charge in [-0.2, -0.15) is 0 Å². The van der Waals surface area contributed by atoms with Crippen molar-refractivity contribution >= 4 is 5.96 Å². The Bertz CT molecular complexity index is 471. The van der Waals surface area contributed by atoms with Crippen molar-refractivity contribution in [2.45, 2.75) is 52.1 Å². The zero-order chi connectivity index (χ0) is 15.9. The number of nitrogens with zero attached hydrogens (tertiary/aromatic N) is 3. The second-order valence-electron chi connectivity index (χ2n) is 6.02. The van der Waals surface area contributed by atoms with Crippen LogP contribution in [0.4, 0.5) is 0 Å². The molecule has 2 N–H and O–H groups in total. The van der Waals surface area contributed by atoms with Crippen molar-refractivity contribution in [3.63, 3.8) is 0 Å². The van der Waals surface area contributed by atoms with E-state index in [1.165, 1.54) is 25.7 Å². The minimum Gasteiger partial charge on any atom is -0.444 e. The van der Waals surface area contributed by atoms with E-state index >= 15 is 0 Å². The number of nitrogens with one attached hydrogen (secondary N) is 2. The summed E-state index contributed by atoms with van der Waals surface area (Å²) in [5.41, 5.74) is 0.943. The molecule has 0 aromatic carbocycles. The van der Waals surface area contributed by atoms with Gasteiger partial charge < -0.3 is 20.0 Å². The third-order valence-electron chi connectivity index (χ3n) is 4.41. The van der Waals surface area contributed by atoms with E-state index < -0.39 is 0 Å². The first-order valence-electron chi connectivity index (χ1n) is 8.18. The molecule has 1 heterocycles. The fourth-order valence-corrected chi connectivity index (χ4v) is 2.87. The Kier molecular flexibility index (Phi) is 6.24. The van der Waals surface area contributed by atoms with Gasteiger partial charge in [-0.1, -0.05) is 12.8 Å². The molecule has 0 atom stereocenters. The molecule has 1 aromatic heterocycles. The van der Waals surface area contributed by atoms with E-state index in [2.05, 4.69) is 32.6 Å². The van der Waals surface area contributed by atoms with Crippen LogP contribution in [0.5, 0.6) is 0 Å². The molecule has 6 heteroatoms. The average molecular weight is 307 g/mol. The summed E-state index contributed by atoms with van der Waals surface area (Å²) < 4.78 is 5.55. The minimum absolute atomic E-state index is 0.548. The molecular weight excluding hydrogens is 278 g/mol. The van der Waals surface area contributed by atoms with Crippen molar-refractivity contribution in [3.05, 3.63) is 17.3 Å². The van der Waals surface area contributed by atoms with Crippen molar-refractivity contribution in [1.29, 1.82) is 0 Å². The highest BCUT2D eigenvalue weighted by molar-refractivity contribution is 5.79. The first-order chi connectivity index (χ1) is 10.6.